The molecule has 2 aliphatic heterocycles. The predicted octanol–water partition coefficient (Wildman–Crippen LogP) is 1.83. The summed E-state index contributed by atoms with van der Waals surface area (Å²) in [6.07, 6.45) is 1.51. The van der Waals surface area contributed by atoms with Crippen molar-refractivity contribution in [1.29, 1.82) is 0 Å². The first-order valence-corrected chi connectivity index (χ1v) is 13.4. The monoisotopic (exact) mass is 521 g/mol. The van der Waals surface area contributed by atoms with Crippen molar-refractivity contribution in [2.24, 2.45) is 29.1 Å². The first kappa shape index (κ1) is 30.6. The topological polar surface area (TPSA) is 137 Å². The van der Waals surface area contributed by atoms with E-state index in [0.717, 1.165) is 0 Å². The van der Waals surface area contributed by atoms with Crippen LogP contribution >= 0.6 is 0 Å². The van der Waals surface area contributed by atoms with E-state index in [1.807, 2.05) is 62.3 Å². The molecule has 37 heavy (non-hydrogen) atoms. The van der Waals surface area contributed by atoms with Gasteiger partial charge in [0.15, 0.2) is 0 Å². The van der Waals surface area contributed by atoms with Gasteiger partial charge in [-0.1, -0.05) is 41.5 Å². The Morgan fingerprint density at radius 1 is 1.11 bits per heavy atom. The van der Waals surface area contributed by atoms with E-state index in [9.17, 15) is 24.0 Å². The first-order chi connectivity index (χ1) is 17.0. The molecule has 5 amide bonds. The average Bonchev–Trinajstić information content (AvgIpc) is 3.31. The SMILES string of the molecule is CC(C)[C@@H]1[C@@H](C(=O)N[C@H](C=O)C[C@@H]2CCNC2=O)N(C(=O)[C@@H](NC(=O)NC(C)(C)C)C(C)(C)C)C[C@@H]1C. The predicted molar refractivity (Wildman–Crippen MR) is 141 cm³/mol. The molecule has 2 aliphatic rings. The molecule has 210 valence electrons. The second-order valence-corrected chi connectivity index (χ2v) is 13.1. The number of aldehydes is 1. The van der Waals surface area contributed by atoms with Gasteiger partial charge in [0.25, 0.3) is 0 Å². The van der Waals surface area contributed by atoms with Gasteiger partial charge in [-0.3, -0.25) is 14.4 Å². The van der Waals surface area contributed by atoms with Crippen LogP contribution in [0.2, 0.25) is 0 Å². The summed E-state index contributed by atoms with van der Waals surface area (Å²) in [5.74, 6) is -1.16. The Morgan fingerprint density at radius 2 is 1.73 bits per heavy atom. The number of hydrogen-bond donors (Lipinski definition) is 4. The number of nitrogens with zero attached hydrogens (tertiary/aromatic N) is 1. The minimum Gasteiger partial charge on any atom is -0.356 e. The standard InChI is InChI=1S/C27H47N5O5/c1-15(2)19-16(3)13-32(24(36)21(26(4,5)6)30-25(37)31-27(7,8)9)20(19)23(35)29-18(14-33)12-17-10-11-28-22(17)34/h14-21H,10-13H2,1-9H3,(H,28,34)(H,29,35)(H2,30,31,37)/t16-,17-,18-,19-,20-,21+/m0/s1. The fourth-order valence-corrected chi connectivity index (χ4v) is 5.54. The van der Waals surface area contributed by atoms with E-state index in [1.165, 1.54) is 0 Å². The Balaban J connectivity index is 2.31. The molecular weight excluding hydrogens is 474 g/mol. The summed E-state index contributed by atoms with van der Waals surface area (Å²) in [6.45, 7) is 18.2. The number of hydrogen-bond acceptors (Lipinski definition) is 5. The Bertz CT molecular complexity index is 875. The molecule has 10 heteroatoms. The number of rotatable bonds is 8. The Hall–Kier alpha value is -2.65. The zero-order valence-corrected chi connectivity index (χ0v) is 23.9. The van der Waals surface area contributed by atoms with Crippen LogP contribution in [0.4, 0.5) is 4.79 Å². The van der Waals surface area contributed by atoms with Gasteiger partial charge in [0.1, 0.15) is 18.4 Å². The van der Waals surface area contributed by atoms with Crippen LogP contribution in [0.3, 0.4) is 0 Å². The number of likely N-dealkylation sites (tertiary alicyclic amines) is 1. The highest BCUT2D eigenvalue weighted by Crippen LogP contribution is 2.37. The summed E-state index contributed by atoms with van der Waals surface area (Å²) in [5, 5.41) is 11.2. The van der Waals surface area contributed by atoms with E-state index in [-0.39, 0.29) is 41.9 Å². The number of urea groups is 1. The molecule has 0 aromatic carbocycles. The van der Waals surface area contributed by atoms with Crippen molar-refractivity contribution in [3.05, 3.63) is 0 Å². The van der Waals surface area contributed by atoms with Gasteiger partial charge in [-0.25, -0.2) is 4.79 Å². The van der Waals surface area contributed by atoms with Crippen molar-refractivity contribution in [1.82, 2.24) is 26.2 Å². The van der Waals surface area contributed by atoms with E-state index in [2.05, 4.69) is 21.3 Å². The van der Waals surface area contributed by atoms with E-state index < -0.39 is 41.0 Å². The second kappa shape index (κ2) is 11.8. The Morgan fingerprint density at radius 3 is 2.19 bits per heavy atom. The van der Waals surface area contributed by atoms with Crippen molar-refractivity contribution >= 4 is 30.0 Å². The smallest absolute Gasteiger partial charge is 0.315 e. The van der Waals surface area contributed by atoms with Crippen molar-refractivity contribution in [2.45, 2.75) is 98.8 Å². The molecule has 0 unspecified atom stereocenters. The van der Waals surface area contributed by atoms with Crippen LogP contribution in [0.25, 0.3) is 0 Å². The van der Waals surface area contributed by atoms with Gasteiger partial charge in [0, 0.05) is 24.5 Å². The lowest BCUT2D eigenvalue weighted by molar-refractivity contribution is -0.143. The van der Waals surface area contributed by atoms with E-state index in [0.29, 0.717) is 25.8 Å². The summed E-state index contributed by atoms with van der Waals surface area (Å²) in [4.78, 5) is 65.8. The van der Waals surface area contributed by atoms with Gasteiger partial charge in [-0.2, -0.15) is 0 Å². The Labute approximate surface area is 221 Å². The van der Waals surface area contributed by atoms with Crippen molar-refractivity contribution in [3.63, 3.8) is 0 Å². The van der Waals surface area contributed by atoms with Gasteiger partial charge in [0.05, 0.1) is 6.04 Å². The fraction of sp³-hybridized carbons (Fsp3) is 0.815. The highest BCUT2D eigenvalue weighted by atomic mass is 16.2. The minimum atomic E-state index is -0.868. The molecule has 2 fully saturated rings. The second-order valence-electron chi connectivity index (χ2n) is 13.1. The molecule has 2 saturated heterocycles. The zero-order chi connectivity index (χ0) is 28.3. The molecule has 0 radical (unpaired) electrons. The molecule has 0 aliphatic carbocycles. The minimum absolute atomic E-state index is 0.0408. The maximum absolute atomic E-state index is 14.0. The van der Waals surface area contributed by atoms with Crippen LogP contribution in [-0.2, 0) is 19.2 Å². The molecule has 0 aromatic heterocycles. The summed E-state index contributed by atoms with van der Waals surface area (Å²) in [7, 11) is 0. The van der Waals surface area contributed by atoms with Gasteiger partial charge in [-0.15, -0.1) is 0 Å². The lowest BCUT2D eigenvalue weighted by atomic mass is 9.81. The molecule has 4 N–H and O–H groups in total. The molecule has 2 rings (SSSR count). The lowest BCUT2D eigenvalue weighted by Gasteiger charge is -2.37. The number of nitrogens with one attached hydrogen (secondary N) is 4. The van der Waals surface area contributed by atoms with Crippen LogP contribution < -0.4 is 21.3 Å². The van der Waals surface area contributed by atoms with E-state index >= 15 is 0 Å². The average molecular weight is 522 g/mol. The molecule has 0 spiro atoms. The lowest BCUT2D eigenvalue weighted by Crippen LogP contribution is -2.61. The maximum atomic E-state index is 14.0. The molecule has 0 aromatic rings. The van der Waals surface area contributed by atoms with Gasteiger partial charge < -0.3 is 31.0 Å². The third kappa shape index (κ3) is 7.92. The molecule has 10 nitrogen and oxygen atoms in total. The molecule has 0 bridgehead atoms. The quantitative estimate of drug-likeness (QED) is 0.361. The fourth-order valence-electron chi connectivity index (χ4n) is 5.54. The van der Waals surface area contributed by atoms with Crippen molar-refractivity contribution in [2.75, 3.05) is 13.1 Å². The molecule has 2 heterocycles. The summed E-state index contributed by atoms with van der Waals surface area (Å²) in [6, 6.07) is -2.94. The molecular formula is C27H47N5O5. The summed E-state index contributed by atoms with van der Waals surface area (Å²) in [5.41, 5.74) is -1.10. The van der Waals surface area contributed by atoms with Crippen molar-refractivity contribution < 1.29 is 24.0 Å². The summed E-state index contributed by atoms with van der Waals surface area (Å²) < 4.78 is 0. The van der Waals surface area contributed by atoms with Gasteiger partial charge in [0.2, 0.25) is 17.7 Å². The van der Waals surface area contributed by atoms with Crippen LogP contribution in [-0.4, -0.2) is 71.7 Å². The highest BCUT2D eigenvalue weighted by Gasteiger charge is 2.50. The van der Waals surface area contributed by atoms with Crippen LogP contribution in [0.5, 0.6) is 0 Å². The third-order valence-electron chi connectivity index (χ3n) is 7.23. The normalized spacial score (nSPS) is 25.9. The number of carbonyl (C=O) groups is 5. The molecule has 0 saturated carbocycles. The molecule has 6 atom stereocenters. The Kier molecular flexibility index (Phi) is 9.76. The first-order valence-electron chi connectivity index (χ1n) is 13.4. The van der Waals surface area contributed by atoms with E-state index in [4.69, 9.17) is 0 Å². The van der Waals surface area contributed by atoms with E-state index in [1.54, 1.807) is 4.90 Å². The largest absolute Gasteiger partial charge is 0.356 e. The van der Waals surface area contributed by atoms with Crippen LogP contribution in [0, 0.1) is 29.1 Å². The third-order valence-corrected chi connectivity index (χ3v) is 7.23. The maximum Gasteiger partial charge on any atom is 0.315 e. The number of carbonyl (C=O) groups excluding carboxylic acids is 5. The van der Waals surface area contributed by atoms with Gasteiger partial charge in [-0.05, 0) is 56.8 Å². The van der Waals surface area contributed by atoms with Crippen LogP contribution in [0.15, 0.2) is 0 Å². The van der Waals surface area contributed by atoms with Gasteiger partial charge >= 0.3 is 6.03 Å². The highest BCUT2D eigenvalue weighted by molar-refractivity contribution is 5.94. The zero-order valence-electron chi connectivity index (χ0n) is 23.9. The van der Waals surface area contributed by atoms with Crippen molar-refractivity contribution in [3.8, 4) is 0 Å². The van der Waals surface area contributed by atoms with Crippen LogP contribution in [0.1, 0.15) is 75.2 Å². The summed E-state index contributed by atoms with van der Waals surface area (Å²) >= 11 is 0. The number of amides is 5.